The number of thiol groups is 1. The van der Waals surface area contributed by atoms with Gasteiger partial charge in [-0.1, -0.05) is 30.3 Å². The smallest absolute Gasteiger partial charge is 0.326 e. The number of carbonyl (C=O) groups is 2. The number of hydrogen-bond donors (Lipinski definition) is 3. The van der Waals surface area contributed by atoms with E-state index in [0.29, 0.717) is 25.0 Å². The van der Waals surface area contributed by atoms with E-state index < -0.39 is 12.0 Å². The number of carboxylic acids is 1. The average Bonchev–Trinajstić information content (AvgIpc) is 2.37. The number of carboxylic acid groups (broad SMARTS) is 1. The molecule has 0 radical (unpaired) electrons. The zero-order chi connectivity index (χ0) is 13.4. The van der Waals surface area contributed by atoms with Crippen molar-refractivity contribution in [2.75, 3.05) is 5.75 Å². The molecule has 18 heavy (non-hydrogen) atoms. The Morgan fingerprint density at radius 3 is 2.50 bits per heavy atom. The number of hydrogen-bond acceptors (Lipinski definition) is 3. The van der Waals surface area contributed by atoms with E-state index in [1.165, 1.54) is 0 Å². The van der Waals surface area contributed by atoms with Gasteiger partial charge in [0.2, 0.25) is 5.91 Å². The summed E-state index contributed by atoms with van der Waals surface area (Å²) in [6.45, 7) is 0. The molecule has 0 saturated carbocycles. The van der Waals surface area contributed by atoms with Crippen LogP contribution in [0.3, 0.4) is 0 Å². The van der Waals surface area contributed by atoms with Gasteiger partial charge in [-0.3, -0.25) is 4.79 Å². The van der Waals surface area contributed by atoms with Crippen molar-refractivity contribution < 1.29 is 14.7 Å². The Kier molecular flexibility index (Phi) is 6.28. The summed E-state index contributed by atoms with van der Waals surface area (Å²) in [7, 11) is 0. The lowest BCUT2D eigenvalue weighted by Crippen LogP contribution is -2.41. The zero-order valence-corrected chi connectivity index (χ0v) is 10.9. The minimum atomic E-state index is -1.02. The van der Waals surface area contributed by atoms with Gasteiger partial charge in [-0.15, -0.1) is 0 Å². The third-order valence-corrected chi connectivity index (χ3v) is 2.79. The third kappa shape index (κ3) is 5.23. The summed E-state index contributed by atoms with van der Waals surface area (Å²) in [5.41, 5.74) is 1.06. The Balaban J connectivity index is 2.39. The van der Waals surface area contributed by atoms with E-state index in [1.54, 1.807) is 0 Å². The highest BCUT2D eigenvalue weighted by atomic mass is 32.1. The minimum absolute atomic E-state index is 0.243. The number of rotatable bonds is 7. The molecule has 2 N–H and O–H groups in total. The van der Waals surface area contributed by atoms with E-state index in [9.17, 15) is 9.59 Å². The van der Waals surface area contributed by atoms with Gasteiger partial charge in [0.15, 0.2) is 0 Å². The van der Waals surface area contributed by atoms with E-state index in [1.807, 2.05) is 30.3 Å². The fraction of sp³-hybridized carbons (Fsp3) is 0.385. The van der Waals surface area contributed by atoms with Gasteiger partial charge in [-0.05, 0) is 24.2 Å². The van der Waals surface area contributed by atoms with Crippen LogP contribution in [-0.4, -0.2) is 28.8 Å². The molecule has 0 heterocycles. The molecule has 0 bridgehead atoms. The van der Waals surface area contributed by atoms with Gasteiger partial charge in [0.25, 0.3) is 0 Å². The SMILES string of the molecule is O=C(CCc1ccccc1)N[C@@H](CCS)C(=O)O. The van der Waals surface area contributed by atoms with Gasteiger partial charge in [0, 0.05) is 6.42 Å². The highest BCUT2D eigenvalue weighted by molar-refractivity contribution is 7.80. The quantitative estimate of drug-likeness (QED) is 0.656. The molecule has 0 aliphatic heterocycles. The Morgan fingerprint density at radius 1 is 1.28 bits per heavy atom. The summed E-state index contributed by atoms with van der Waals surface area (Å²) in [4.78, 5) is 22.5. The van der Waals surface area contributed by atoms with E-state index in [4.69, 9.17) is 5.11 Å². The molecule has 1 aromatic rings. The van der Waals surface area contributed by atoms with Crippen molar-refractivity contribution in [2.24, 2.45) is 0 Å². The van der Waals surface area contributed by atoms with Crippen molar-refractivity contribution in [3.8, 4) is 0 Å². The first-order valence-corrected chi connectivity index (χ1v) is 6.43. The molecule has 1 aromatic carbocycles. The normalized spacial score (nSPS) is 11.8. The second-order valence-corrected chi connectivity index (χ2v) is 4.40. The molecule has 98 valence electrons. The minimum Gasteiger partial charge on any atom is -0.480 e. The lowest BCUT2D eigenvalue weighted by Gasteiger charge is -2.13. The van der Waals surface area contributed by atoms with Crippen molar-refractivity contribution in [1.82, 2.24) is 5.32 Å². The number of aryl methyl sites for hydroxylation is 1. The van der Waals surface area contributed by atoms with Crippen molar-refractivity contribution in [2.45, 2.75) is 25.3 Å². The standard InChI is InChI=1S/C13H17NO3S/c15-12(14-11(8-9-18)13(16)17)7-6-10-4-2-1-3-5-10/h1-5,11,18H,6-9H2,(H,14,15)(H,16,17)/t11-/m0/s1. The zero-order valence-electron chi connectivity index (χ0n) is 10.0. The summed E-state index contributed by atoms with van der Waals surface area (Å²) < 4.78 is 0. The maximum atomic E-state index is 11.6. The second-order valence-electron chi connectivity index (χ2n) is 3.96. The Morgan fingerprint density at radius 2 is 1.94 bits per heavy atom. The number of aliphatic carboxylic acids is 1. The molecule has 1 amide bonds. The summed E-state index contributed by atoms with van der Waals surface area (Å²) in [6.07, 6.45) is 1.23. The van der Waals surface area contributed by atoms with E-state index in [0.717, 1.165) is 5.56 Å². The van der Waals surface area contributed by atoms with E-state index in [-0.39, 0.29) is 5.91 Å². The van der Waals surface area contributed by atoms with Crippen LogP contribution in [0.25, 0.3) is 0 Å². The molecular formula is C13H17NO3S. The molecule has 1 atom stereocenters. The maximum absolute atomic E-state index is 11.6. The fourth-order valence-corrected chi connectivity index (χ4v) is 1.81. The summed E-state index contributed by atoms with van der Waals surface area (Å²) in [6, 6.07) is 8.77. The first-order chi connectivity index (χ1) is 8.63. The Labute approximate surface area is 112 Å². The molecule has 0 aliphatic rings. The van der Waals surface area contributed by atoms with Crippen LogP contribution in [0.1, 0.15) is 18.4 Å². The largest absolute Gasteiger partial charge is 0.480 e. The first-order valence-electron chi connectivity index (χ1n) is 5.80. The van der Waals surface area contributed by atoms with E-state index in [2.05, 4.69) is 17.9 Å². The van der Waals surface area contributed by atoms with Crippen LogP contribution >= 0.6 is 12.6 Å². The van der Waals surface area contributed by atoms with Crippen LogP contribution in [0.15, 0.2) is 30.3 Å². The second kappa shape index (κ2) is 7.76. The highest BCUT2D eigenvalue weighted by Crippen LogP contribution is 2.03. The van der Waals surface area contributed by atoms with Crippen LogP contribution in [0.5, 0.6) is 0 Å². The molecule has 0 aromatic heterocycles. The number of nitrogens with one attached hydrogen (secondary N) is 1. The van der Waals surface area contributed by atoms with Crippen LogP contribution in [0, 0.1) is 0 Å². The van der Waals surface area contributed by atoms with E-state index >= 15 is 0 Å². The molecule has 1 rings (SSSR count). The van der Waals surface area contributed by atoms with Crippen LogP contribution in [0.2, 0.25) is 0 Å². The van der Waals surface area contributed by atoms with Crippen molar-refractivity contribution in [3.63, 3.8) is 0 Å². The predicted octanol–water partition coefficient (Wildman–Crippen LogP) is 1.51. The molecule has 0 saturated heterocycles. The molecule has 0 unspecified atom stereocenters. The number of benzene rings is 1. The topological polar surface area (TPSA) is 66.4 Å². The van der Waals surface area contributed by atoms with Gasteiger partial charge in [-0.2, -0.15) is 12.6 Å². The van der Waals surface area contributed by atoms with Gasteiger partial charge >= 0.3 is 5.97 Å². The summed E-state index contributed by atoms with van der Waals surface area (Å²) in [5, 5.41) is 11.4. The molecule has 5 heteroatoms. The Hall–Kier alpha value is -1.49. The average molecular weight is 267 g/mol. The summed E-state index contributed by atoms with van der Waals surface area (Å²) >= 11 is 3.97. The number of amides is 1. The van der Waals surface area contributed by atoms with Gasteiger partial charge < -0.3 is 10.4 Å². The maximum Gasteiger partial charge on any atom is 0.326 e. The van der Waals surface area contributed by atoms with Gasteiger partial charge in [0.1, 0.15) is 6.04 Å². The van der Waals surface area contributed by atoms with Crippen molar-refractivity contribution in [1.29, 1.82) is 0 Å². The first kappa shape index (κ1) is 14.6. The van der Waals surface area contributed by atoms with Crippen LogP contribution in [-0.2, 0) is 16.0 Å². The number of carbonyl (C=O) groups excluding carboxylic acids is 1. The monoisotopic (exact) mass is 267 g/mol. The van der Waals surface area contributed by atoms with Crippen LogP contribution < -0.4 is 5.32 Å². The summed E-state index contributed by atoms with van der Waals surface area (Å²) in [5.74, 6) is -0.833. The predicted molar refractivity (Wildman–Crippen MR) is 72.8 cm³/mol. The van der Waals surface area contributed by atoms with Crippen molar-refractivity contribution >= 4 is 24.5 Å². The molecule has 0 aliphatic carbocycles. The molecule has 0 spiro atoms. The fourth-order valence-electron chi connectivity index (χ4n) is 1.56. The lowest BCUT2D eigenvalue weighted by atomic mass is 10.1. The third-order valence-electron chi connectivity index (χ3n) is 2.53. The molecule has 0 fully saturated rings. The van der Waals surface area contributed by atoms with Gasteiger partial charge in [0.05, 0.1) is 0 Å². The van der Waals surface area contributed by atoms with Gasteiger partial charge in [-0.25, -0.2) is 4.79 Å². The Bertz CT molecular complexity index is 394. The molecular weight excluding hydrogens is 250 g/mol. The lowest BCUT2D eigenvalue weighted by molar-refractivity contribution is -0.141. The highest BCUT2D eigenvalue weighted by Gasteiger charge is 2.18. The van der Waals surface area contributed by atoms with Crippen molar-refractivity contribution in [3.05, 3.63) is 35.9 Å². The van der Waals surface area contributed by atoms with Crippen LogP contribution in [0.4, 0.5) is 0 Å². The molecule has 4 nitrogen and oxygen atoms in total.